The molecule has 18 nitrogen and oxygen atoms in total. The van der Waals surface area contributed by atoms with Crippen LogP contribution in [0.3, 0.4) is 0 Å². The Bertz CT molecular complexity index is 2100. The third kappa shape index (κ3) is 9.53. The van der Waals surface area contributed by atoms with Crippen molar-refractivity contribution in [3.8, 4) is 0 Å². The van der Waals surface area contributed by atoms with Crippen molar-refractivity contribution in [2.24, 2.45) is 23.7 Å². The highest BCUT2D eigenvalue weighted by atomic mass is 16.7. The van der Waals surface area contributed by atoms with Gasteiger partial charge in [-0.1, -0.05) is 64.2 Å². The number of fused-ring (bicyclic) bond motifs is 11. The molecule has 0 radical (unpaired) electrons. The van der Waals surface area contributed by atoms with Crippen LogP contribution in [0, 0.1) is 23.7 Å². The Hall–Kier alpha value is -1.50. The van der Waals surface area contributed by atoms with Crippen LogP contribution in [0.4, 0.5) is 0 Å². The van der Waals surface area contributed by atoms with Crippen molar-refractivity contribution in [3.05, 3.63) is 36.5 Å². The lowest BCUT2D eigenvalue weighted by Crippen LogP contribution is -2.63. The summed E-state index contributed by atoms with van der Waals surface area (Å²) in [6.45, 7) is 11.3. The summed E-state index contributed by atoms with van der Waals surface area (Å²) in [4.78, 5) is 0. The second-order valence-corrected chi connectivity index (χ2v) is 25.3. The zero-order chi connectivity index (χ0) is 51.7. The summed E-state index contributed by atoms with van der Waals surface area (Å²) >= 11 is 0. The Labute approximate surface area is 440 Å². The van der Waals surface area contributed by atoms with Crippen molar-refractivity contribution in [1.29, 1.82) is 0 Å². The monoisotopic (exact) mass is 1060 g/mol. The molecule has 32 unspecified atom stereocenters. The van der Waals surface area contributed by atoms with E-state index in [1.165, 1.54) is 0 Å². The predicted molar refractivity (Wildman–Crippen MR) is 264 cm³/mol. The molecule has 5 N–H and O–H groups in total. The lowest BCUT2D eigenvalue weighted by Gasteiger charge is -2.53. The molecule has 13 aliphatic heterocycles. The minimum absolute atomic E-state index is 0.0930. The molecule has 0 amide bonds. The Kier molecular flexibility index (Phi) is 14.7. The maximum Gasteiger partial charge on any atom is 0.171 e. The van der Waals surface area contributed by atoms with Gasteiger partial charge in [0.2, 0.25) is 0 Å². The SMILES string of the molecule is CC1CC2OC3C(CC2OC2CC4OC5CC=CCC6OC7C=CC8OC9C(CC8OC7CC=CC6OC5CC(O)C4(C)OC2C1)OC1CC(O)C(O)COC1C9O)OC1C(C)C(C)C2(CCCO2)OC1C(O)C3C. The minimum atomic E-state index is -1.05. The first-order valence-corrected chi connectivity index (χ1v) is 29.0. The molecule has 0 aliphatic carbocycles. The van der Waals surface area contributed by atoms with Crippen LogP contribution in [-0.4, -0.2) is 209 Å². The van der Waals surface area contributed by atoms with Gasteiger partial charge >= 0.3 is 0 Å². The van der Waals surface area contributed by atoms with Crippen molar-refractivity contribution in [1.82, 2.24) is 0 Å². The molecule has 10 fully saturated rings. The van der Waals surface area contributed by atoms with Gasteiger partial charge in [-0.05, 0) is 57.3 Å². The van der Waals surface area contributed by atoms with Gasteiger partial charge in [0.1, 0.15) is 54.4 Å². The van der Waals surface area contributed by atoms with Gasteiger partial charge in [-0.25, -0.2) is 0 Å². The normalized spacial score (nSPS) is 58.6. The van der Waals surface area contributed by atoms with Crippen LogP contribution in [0.5, 0.6) is 0 Å². The third-order valence-corrected chi connectivity index (χ3v) is 20.5. The molecule has 420 valence electrons. The van der Waals surface area contributed by atoms with Crippen LogP contribution in [0.2, 0.25) is 0 Å². The van der Waals surface area contributed by atoms with Crippen molar-refractivity contribution < 1.29 is 87.1 Å². The van der Waals surface area contributed by atoms with Crippen LogP contribution in [0.25, 0.3) is 0 Å². The number of rotatable bonds is 0. The lowest BCUT2D eigenvalue weighted by atomic mass is 9.76. The first kappa shape index (κ1) is 52.8. The van der Waals surface area contributed by atoms with E-state index < -0.39 is 103 Å². The fourth-order valence-electron chi connectivity index (χ4n) is 15.9. The standard InChI is InChI=1S/C57H84O18/c1-26-18-38-40(22-45-51(72-38)28(3)49(61)55-52(73-45)27(2)29(4)57(75-55)16-9-17-64-57)68-42-24-48-56(5,74-43(42)19-26)47(60)23-41-35(70-48)11-7-6-10-32-33(67-41)12-8-13-34-36(65-32)14-15-37-39(66-34)21-46-54(71-37)50(62)53-44(69-46)20-30(58)31(59)25-63-53/h6-8,12,14-15,26-55,58-62H,9-11,13,16-25H2,1-5H3. The van der Waals surface area contributed by atoms with Gasteiger partial charge < -0.3 is 87.1 Å². The van der Waals surface area contributed by atoms with Crippen molar-refractivity contribution >= 4 is 0 Å². The first-order valence-electron chi connectivity index (χ1n) is 29.0. The van der Waals surface area contributed by atoms with Crippen LogP contribution >= 0.6 is 0 Å². The molecule has 0 bridgehead atoms. The minimum Gasteiger partial charge on any atom is -0.390 e. The van der Waals surface area contributed by atoms with Gasteiger partial charge in [-0.3, -0.25) is 0 Å². The van der Waals surface area contributed by atoms with Gasteiger partial charge in [0.25, 0.3) is 0 Å². The third-order valence-electron chi connectivity index (χ3n) is 20.5. The Morgan fingerprint density at radius 3 is 1.89 bits per heavy atom. The number of aliphatic hydroxyl groups excluding tert-OH is 5. The second kappa shape index (κ2) is 20.8. The molecule has 75 heavy (non-hydrogen) atoms. The number of hydrogen-bond donors (Lipinski definition) is 5. The van der Waals surface area contributed by atoms with E-state index in [1.54, 1.807) is 0 Å². The molecule has 13 aliphatic rings. The largest absolute Gasteiger partial charge is 0.390 e. The quantitative estimate of drug-likeness (QED) is 0.220. The van der Waals surface area contributed by atoms with Crippen LogP contribution in [0.1, 0.15) is 112 Å². The van der Waals surface area contributed by atoms with E-state index in [4.69, 9.17) is 61.6 Å². The maximum atomic E-state index is 12.4. The van der Waals surface area contributed by atoms with E-state index >= 15 is 0 Å². The van der Waals surface area contributed by atoms with Gasteiger partial charge in [-0.2, -0.15) is 0 Å². The fraction of sp³-hybridized carbons (Fsp3) is 0.895. The second-order valence-electron chi connectivity index (χ2n) is 25.3. The highest BCUT2D eigenvalue weighted by Gasteiger charge is 2.62. The van der Waals surface area contributed by atoms with Gasteiger partial charge in [-0.15, -0.1) is 0 Å². The zero-order valence-electron chi connectivity index (χ0n) is 44.2. The lowest BCUT2D eigenvalue weighted by molar-refractivity contribution is -0.339. The topological polar surface area (TPSA) is 221 Å². The van der Waals surface area contributed by atoms with Crippen LogP contribution < -0.4 is 0 Å². The van der Waals surface area contributed by atoms with E-state index in [-0.39, 0.29) is 104 Å². The molecule has 10 saturated heterocycles. The molecule has 0 saturated carbocycles. The summed E-state index contributed by atoms with van der Waals surface area (Å²) in [5, 5.41) is 56.7. The fourth-order valence-corrected chi connectivity index (χ4v) is 15.9. The Morgan fingerprint density at radius 2 is 1.08 bits per heavy atom. The molecule has 13 heterocycles. The highest BCUT2D eigenvalue weighted by Crippen LogP contribution is 2.52. The molecular formula is C57H84O18. The van der Waals surface area contributed by atoms with Crippen molar-refractivity contribution in [3.63, 3.8) is 0 Å². The van der Waals surface area contributed by atoms with Crippen LogP contribution in [0.15, 0.2) is 36.5 Å². The molecular weight excluding hydrogens is 973 g/mol. The van der Waals surface area contributed by atoms with E-state index in [2.05, 4.69) is 52.0 Å². The number of ether oxygens (including phenoxy) is 13. The summed E-state index contributed by atoms with van der Waals surface area (Å²) < 4.78 is 88.6. The molecule has 1 spiro atoms. The Balaban J connectivity index is 0.689. The van der Waals surface area contributed by atoms with Crippen molar-refractivity contribution in [2.45, 2.75) is 282 Å². The van der Waals surface area contributed by atoms with E-state index in [0.29, 0.717) is 51.6 Å². The number of aliphatic hydroxyl groups is 5. The van der Waals surface area contributed by atoms with Gasteiger partial charge in [0.15, 0.2) is 5.79 Å². The molecule has 0 aromatic carbocycles. The van der Waals surface area contributed by atoms with E-state index in [1.807, 2.05) is 19.1 Å². The maximum absolute atomic E-state index is 12.4. The van der Waals surface area contributed by atoms with Gasteiger partial charge in [0, 0.05) is 50.4 Å². The molecule has 0 aromatic heterocycles. The van der Waals surface area contributed by atoms with E-state index in [0.717, 1.165) is 25.7 Å². The first-order chi connectivity index (χ1) is 36.1. The van der Waals surface area contributed by atoms with E-state index in [9.17, 15) is 25.5 Å². The molecule has 32 atom stereocenters. The smallest absolute Gasteiger partial charge is 0.171 e. The Morgan fingerprint density at radius 1 is 0.453 bits per heavy atom. The molecule has 13 rings (SSSR count). The zero-order valence-corrected chi connectivity index (χ0v) is 44.2. The predicted octanol–water partition coefficient (Wildman–Crippen LogP) is 3.27. The molecule has 0 aromatic rings. The summed E-state index contributed by atoms with van der Waals surface area (Å²) in [6.07, 6.45) is 5.99. The average Bonchev–Trinajstić information content (AvgIpc) is 3.68. The van der Waals surface area contributed by atoms with Gasteiger partial charge in [0.05, 0.1) is 123 Å². The summed E-state index contributed by atoms with van der Waals surface area (Å²) in [6, 6.07) is 0. The number of hydrogen-bond acceptors (Lipinski definition) is 18. The molecule has 18 heteroatoms. The highest BCUT2D eigenvalue weighted by molar-refractivity contribution is 5.14. The van der Waals surface area contributed by atoms with Crippen LogP contribution in [-0.2, 0) is 61.6 Å². The average molecular weight is 1060 g/mol. The summed E-state index contributed by atoms with van der Waals surface area (Å²) in [5.41, 5.74) is -1.02. The van der Waals surface area contributed by atoms with Crippen molar-refractivity contribution in [2.75, 3.05) is 13.2 Å². The summed E-state index contributed by atoms with van der Waals surface area (Å²) in [5.74, 6) is -0.510. The summed E-state index contributed by atoms with van der Waals surface area (Å²) in [7, 11) is 0.